The van der Waals surface area contributed by atoms with Crippen LogP contribution in [0.1, 0.15) is 24.3 Å². The lowest BCUT2D eigenvalue weighted by Crippen LogP contribution is -2.28. The van der Waals surface area contributed by atoms with Crippen LogP contribution in [0, 0.1) is 0 Å². The van der Waals surface area contributed by atoms with Crippen molar-refractivity contribution in [1.82, 2.24) is 5.32 Å². The van der Waals surface area contributed by atoms with Gasteiger partial charge in [-0.05, 0) is 32.0 Å². The van der Waals surface area contributed by atoms with Crippen LogP contribution in [-0.2, 0) is 0 Å². The number of para-hydroxylation sites is 1. The molecule has 4 heteroatoms. The van der Waals surface area contributed by atoms with Crippen molar-refractivity contribution in [1.29, 1.82) is 0 Å². The molecule has 4 nitrogen and oxygen atoms in total. The van der Waals surface area contributed by atoms with Gasteiger partial charge in [-0.2, -0.15) is 0 Å². The maximum Gasteiger partial charge on any atom is 0.164 e. The minimum absolute atomic E-state index is 0.441. The molecule has 3 N–H and O–H groups in total. The highest BCUT2D eigenvalue weighted by Crippen LogP contribution is 2.40. The van der Waals surface area contributed by atoms with Crippen LogP contribution in [0.5, 0.6) is 11.5 Å². The predicted octanol–water partition coefficient (Wildman–Crippen LogP) is 1.50. The third kappa shape index (κ3) is 2.44. The summed E-state index contributed by atoms with van der Waals surface area (Å²) >= 11 is 0. The normalized spacial score (nSPS) is 23.1. The monoisotopic (exact) mass is 250 g/mol. The number of benzene rings is 1. The summed E-state index contributed by atoms with van der Waals surface area (Å²) < 4.78 is 10.9. The highest BCUT2D eigenvalue weighted by atomic mass is 16.5. The smallest absolute Gasteiger partial charge is 0.164 e. The maximum atomic E-state index is 5.68. The van der Waals surface area contributed by atoms with E-state index >= 15 is 0 Å². The first-order valence-corrected chi connectivity index (χ1v) is 6.46. The summed E-state index contributed by atoms with van der Waals surface area (Å²) in [6.07, 6.45) is 2.11. The van der Waals surface area contributed by atoms with Gasteiger partial charge in [-0.3, -0.25) is 0 Å². The van der Waals surface area contributed by atoms with Gasteiger partial charge < -0.3 is 20.5 Å². The molecule has 1 aliphatic heterocycles. The Morgan fingerprint density at radius 2 is 2.17 bits per heavy atom. The van der Waals surface area contributed by atoms with E-state index in [1.807, 2.05) is 12.1 Å². The lowest BCUT2D eigenvalue weighted by atomic mass is 9.89. The lowest BCUT2D eigenvalue weighted by molar-refractivity contribution is 0.347. The van der Waals surface area contributed by atoms with Crippen molar-refractivity contribution in [3.63, 3.8) is 0 Å². The minimum Gasteiger partial charge on any atom is -0.493 e. The van der Waals surface area contributed by atoms with E-state index in [0.29, 0.717) is 18.5 Å². The van der Waals surface area contributed by atoms with Crippen molar-refractivity contribution in [2.24, 2.45) is 5.73 Å². The van der Waals surface area contributed by atoms with Gasteiger partial charge in [0.05, 0.1) is 14.2 Å². The summed E-state index contributed by atoms with van der Waals surface area (Å²) in [6, 6.07) is 6.52. The molecule has 1 fully saturated rings. The zero-order chi connectivity index (χ0) is 13.0. The third-order valence-corrected chi connectivity index (χ3v) is 3.66. The van der Waals surface area contributed by atoms with Gasteiger partial charge in [-0.15, -0.1) is 0 Å². The van der Waals surface area contributed by atoms with Crippen molar-refractivity contribution < 1.29 is 9.47 Å². The molecule has 0 aliphatic carbocycles. The van der Waals surface area contributed by atoms with E-state index in [0.717, 1.165) is 30.9 Å². The summed E-state index contributed by atoms with van der Waals surface area (Å²) in [5, 5.41) is 3.52. The van der Waals surface area contributed by atoms with E-state index in [9.17, 15) is 0 Å². The molecule has 1 aliphatic rings. The van der Waals surface area contributed by atoms with Gasteiger partial charge in [0.1, 0.15) is 0 Å². The van der Waals surface area contributed by atoms with Crippen LogP contribution in [0.4, 0.5) is 0 Å². The first kappa shape index (κ1) is 13.2. The summed E-state index contributed by atoms with van der Waals surface area (Å²) in [6.45, 7) is 1.75. The molecule has 0 radical (unpaired) electrons. The van der Waals surface area contributed by atoms with Gasteiger partial charge in [0.15, 0.2) is 11.5 Å². The highest BCUT2D eigenvalue weighted by molar-refractivity contribution is 5.49. The number of methoxy groups -OCH3 is 2. The zero-order valence-corrected chi connectivity index (χ0v) is 11.1. The Bertz CT molecular complexity index is 395. The molecular weight excluding hydrogens is 228 g/mol. The van der Waals surface area contributed by atoms with Crippen molar-refractivity contribution >= 4 is 0 Å². The fraction of sp³-hybridized carbons (Fsp3) is 0.571. The van der Waals surface area contributed by atoms with Gasteiger partial charge in [-0.25, -0.2) is 0 Å². The van der Waals surface area contributed by atoms with Crippen LogP contribution in [-0.4, -0.2) is 33.4 Å². The molecule has 2 unspecified atom stereocenters. The molecule has 100 valence electrons. The van der Waals surface area contributed by atoms with Crippen LogP contribution in [0.3, 0.4) is 0 Å². The number of hydrogen-bond acceptors (Lipinski definition) is 4. The van der Waals surface area contributed by atoms with Crippen LogP contribution >= 0.6 is 0 Å². The molecule has 0 saturated carbocycles. The second-order valence-corrected chi connectivity index (χ2v) is 4.62. The van der Waals surface area contributed by atoms with E-state index in [1.165, 1.54) is 5.56 Å². The second-order valence-electron chi connectivity index (χ2n) is 4.62. The molecular formula is C14H22N2O2. The highest BCUT2D eigenvalue weighted by Gasteiger charge is 2.30. The number of nitrogens with two attached hydrogens (primary N) is 1. The Morgan fingerprint density at radius 3 is 2.83 bits per heavy atom. The summed E-state index contributed by atoms with van der Waals surface area (Å²) in [4.78, 5) is 0. The van der Waals surface area contributed by atoms with Gasteiger partial charge >= 0.3 is 0 Å². The first-order valence-electron chi connectivity index (χ1n) is 6.46. The molecule has 1 saturated heterocycles. The average molecular weight is 250 g/mol. The molecule has 1 heterocycles. The molecule has 0 amide bonds. The van der Waals surface area contributed by atoms with E-state index < -0.39 is 0 Å². The molecule has 18 heavy (non-hydrogen) atoms. The quantitative estimate of drug-likeness (QED) is 0.831. The van der Waals surface area contributed by atoms with E-state index in [4.69, 9.17) is 15.2 Å². The lowest BCUT2D eigenvalue weighted by Gasteiger charge is -2.22. The van der Waals surface area contributed by atoms with E-state index in [1.54, 1.807) is 14.2 Å². The van der Waals surface area contributed by atoms with Crippen LogP contribution in [0.25, 0.3) is 0 Å². The maximum absolute atomic E-state index is 5.68. The summed E-state index contributed by atoms with van der Waals surface area (Å²) in [5.41, 5.74) is 6.90. The van der Waals surface area contributed by atoms with E-state index in [2.05, 4.69) is 11.4 Å². The topological polar surface area (TPSA) is 56.5 Å². The van der Waals surface area contributed by atoms with Crippen LogP contribution < -0.4 is 20.5 Å². The van der Waals surface area contributed by atoms with Crippen LogP contribution in [0.2, 0.25) is 0 Å². The molecule has 0 spiro atoms. The number of hydrogen-bond donors (Lipinski definition) is 2. The minimum atomic E-state index is 0.441. The standard InChI is InChI=1S/C14H22N2O2/c1-17-13-5-3-4-11(14(13)18-2)10-7-9-16-12(10)6-8-15/h3-5,10,12,16H,6-9,15H2,1-2H3. The Labute approximate surface area is 108 Å². The van der Waals surface area contributed by atoms with Gasteiger partial charge in [0, 0.05) is 17.5 Å². The largest absolute Gasteiger partial charge is 0.493 e. The Morgan fingerprint density at radius 1 is 1.33 bits per heavy atom. The van der Waals surface area contributed by atoms with Gasteiger partial charge in [-0.1, -0.05) is 12.1 Å². The summed E-state index contributed by atoms with van der Waals surface area (Å²) in [7, 11) is 3.37. The van der Waals surface area contributed by atoms with Gasteiger partial charge in [0.2, 0.25) is 0 Å². The zero-order valence-electron chi connectivity index (χ0n) is 11.1. The van der Waals surface area contributed by atoms with Crippen molar-refractivity contribution in [2.75, 3.05) is 27.3 Å². The predicted molar refractivity (Wildman–Crippen MR) is 72.4 cm³/mol. The van der Waals surface area contributed by atoms with Gasteiger partial charge in [0.25, 0.3) is 0 Å². The average Bonchev–Trinajstić information content (AvgIpc) is 2.86. The Kier molecular flexibility index (Phi) is 4.44. The number of ether oxygens (including phenoxy) is 2. The molecule has 2 atom stereocenters. The SMILES string of the molecule is COc1cccc(C2CCNC2CCN)c1OC. The van der Waals surface area contributed by atoms with Crippen molar-refractivity contribution in [2.45, 2.75) is 24.8 Å². The number of nitrogens with one attached hydrogen (secondary N) is 1. The molecule has 1 aromatic carbocycles. The Hall–Kier alpha value is -1.26. The first-order chi connectivity index (χ1) is 8.81. The van der Waals surface area contributed by atoms with Crippen molar-refractivity contribution in [3.8, 4) is 11.5 Å². The van der Waals surface area contributed by atoms with Crippen LogP contribution in [0.15, 0.2) is 18.2 Å². The van der Waals surface area contributed by atoms with E-state index in [-0.39, 0.29) is 0 Å². The molecule has 1 aromatic rings. The number of rotatable bonds is 5. The fourth-order valence-electron chi connectivity index (χ4n) is 2.83. The molecule has 2 rings (SSSR count). The third-order valence-electron chi connectivity index (χ3n) is 3.66. The molecule has 0 bridgehead atoms. The summed E-state index contributed by atoms with van der Waals surface area (Å²) in [5.74, 6) is 2.11. The fourth-order valence-corrected chi connectivity index (χ4v) is 2.83. The van der Waals surface area contributed by atoms with Crippen molar-refractivity contribution in [3.05, 3.63) is 23.8 Å². The Balaban J connectivity index is 2.31. The molecule has 0 aromatic heterocycles. The second kappa shape index (κ2) is 6.07.